The number of nitrogens with zero attached hydrogens (tertiary/aromatic N) is 1. The van der Waals surface area contributed by atoms with E-state index in [0.29, 0.717) is 11.9 Å². The Bertz CT molecular complexity index is 318. The van der Waals surface area contributed by atoms with Crippen LogP contribution in [-0.2, 0) is 0 Å². The van der Waals surface area contributed by atoms with Crippen LogP contribution in [0.25, 0.3) is 0 Å². The highest BCUT2D eigenvalue weighted by molar-refractivity contribution is 5.34. The van der Waals surface area contributed by atoms with Crippen molar-refractivity contribution in [2.75, 3.05) is 5.32 Å². The minimum absolute atomic E-state index is 0.264. The molecule has 0 aliphatic rings. The molecule has 1 atom stereocenters. The van der Waals surface area contributed by atoms with Gasteiger partial charge in [-0.1, -0.05) is 26.8 Å². The summed E-state index contributed by atoms with van der Waals surface area (Å²) in [5.41, 5.74) is 0.264. The molecule has 0 aromatic carbocycles. The number of nitrogens with one attached hydrogen (secondary N) is 1. The third-order valence-corrected chi connectivity index (χ3v) is 2.03. The number of rotatable bonds is 3. The Hall–Kier alpha value is -1.12. The molecule has 0 saturated carbocycles. The van der Waals surface area contributed by atoms with Gasteiger partial charge in [-0.05, 0) is 30.9 Å². The average molecular weight is 210 g/mol. The fourth-order valence-corrected chi connectivity index (χ4v) is 1.71. The van der Waals surface area contributed by atoms with Gasteiger partial charge in [0.2, 0.25) is 5.95 Å². The standard InChI is InChI=1S/C12H19FN2/c1-9(8-12(2,3)4)14-11-7-5-6-10(13)15-11/h5-7,9H,8H2,1-4H3,(H,14,15). The summed E-state index contributed by atoms with van der Waals surface area (Å²) < 4.78 is 12.8. The van der Waals surface area contributed by atoms with Crippen molar-refractivity contribution in [1.82, 2.24) is 4.98 Å². The van der Waals surface area contributed by atoms with Crippen LogP contribution in [0.1, 0.15) is 34.1 Å². The van der Waals surface area contributed by atoms with Gasteiger partial charge in [0, 0.05) is 6.04 Å². The average Bonchev–Trinajstić information content (AvgIpc) is 1.99. The van der Waals surface area contributed by atoms with E-state index in [4.69, 9.17) is 0 Å². The van der Waals surface area contributed by atoms with Crippen LogP contribution in [0.2, 0.25) is 0 Å². The maximum absolute atomic E-state index is 12.8. The van der Waals surface area contributed by atoms with E-state index in [9.17, 15) is 4.39 Å². The second-order valence-corrected chi connectivity index (χ2v) is 5.16. The topological polar surface area (TPSA) is 24.9 Å². The summed E-state index contributed by atoms with van der Waals surface area (Å²) in [6.07, 6.45) is 1.02. The van der Waals surface area contributed by atoms with Crippen LogP contribution in [0.3, 0.4) is 0 Å². The lowest BCUT2D eigenvalue weighted by Gasteiger charge is -2.24. The molecular formula is C12H19FN2. The molecule has 0 bridgehead atoms. The van der Waals surface area contributed by atoms with Crippen molar-refractivity contribution >= 4 is 5.82 Å². The Balaban J connectivity index is 2.55. The summed E-state index contributed by atoms with van der Waals surface area (Å²) in [7, 11) is 0. The molecule has 0 spiro atoms. The van der Waals surface area contributed by atoms with Gasteiger partial charge in [0.1, 0.15) is 5.82 Å². The van der Waals surface area contributed by atoms with Gasteiger partial charge >= 0.3 is 0 Å². The molecule has 0 amide bonds. The third-order valence-electron chi connectivity index (χ3n) is 2.03. The van der Waals surface area contributed by atoms with E-state index >= 15 is 0 Å². The Kier molecular flexibility index (Phi) is 3.66. The summed E-state index contributed by atoms with van der Waals surface area (Å²) in [4.78, 5) is 3.77. The smallest absolute Gasteiger partial charge is 0.214 e. The highest BCUT2D eigenvalue weighted by Crippen LogP contribution is 2.22. The highest BCUT2D eigenvalue weighted by Gasteiger charge is 2.15. The molecule has 3 heteroatoms. The fourth-order valence-electron chi connectivity index (χ4n) is 1.71. The molecule has 0 radical (unpaired) electrons. The zero-order chi connectivity index (χ0) is 11.5. The largest absolute Gasteiger partial charge is 0.368 e. The van der Waals surface area contributed by atoms with Crippen LogP contribution in [0.15, 0.2) is 18.2 Å². The van der Waals surface area contributed by atoms with Gasteiger partial charge in [-0.3, -0.25) is 0 Å². The van der Waals surface area contributed by atoms with Crippen LogP contribution < -0.4 is 5.32 Å². The monoisotopic (exact) mass is 210 g/mol. The minimum Gasteiger partial charge on any atom is -0.368 e. The molecule has 1 aromatic rings. The number of hydrogen-bond donors (Lipinski definition) is 1. The first-order valence-electron chi connectivity index (χ1n) is 5.26. The van der Waals surface area contributed by atoms with Crippen molar-refractivity contribution in [1.29, 1.82) is 0 Å². The SMILES string of the molecule is CC(CC(C)(C)C)Nc1cccc(F)n1. The normalized spacial score (nSPS) is 13.7. The zero-order valence-corrected chi connectivity index (χ0v) is 9.84. The lowest BCUT2D eigenvalue weighted by molar-refractivity contribution is 0.357. The van der Waals surface area contributed by atoms with Crippen LogP contribution in [-0.4, -0.2) is 11.0 Å². The molecule has 1 N–H and O–H groups in total. The van der Waals surface area contributed by atoms with E-state index < -0.39 is 5.95 Å². The number of anilines is 1. The molecule has 1 aromatic heterocycles. The Morgan fingerprint density at radius 3 is 2.60 bits per heavy atom. The molecule has 0 saturated heterocycles. The summed E-state index contributed by atoms with van der Waals surface area (Å²) in [5, 5.41) is 3.19. The molecule has 1 heterocycles. The second kappa shape index (κ2) is 4.60. The zero-order valence-electron chi connectivity index (χ0n) is 9.84. The van der Waals surface area contributed by atoms with Crippen molar-refractivity contribution in [2.24, 2.45) is 5.41 Å². The quantitative estimate of drug-likeness (QED) is 0.773. The first-order chi connectivity index (χ1) is 6.87. The van der Waals surface area contributed by atoms with Crippen molar-refractivity contribution in [3.63, 3.8) is 0 Å². The lowest BCUT2D eigenvalue weighted by Crippen LogP contribution is -2.23. The summed E-state index contributed by atoms with van der Waals surface area (Å²) in [6.45, 7) is 8.64. The van der Waals surface area contributed by atoms with Crippen LogP contribution in [0.5, 0.6) is 0 Å². The van der Waals surface area contributed by atoms with Crippen LogP contribution >= 0.6 is 0 Å². The minimum atomic E-state index is -0.442. The molecular weight excluding hydrogens is 191 g/mol. The van der Waals surface area contributed by atoms with Crippen molar-refractivity contribution < 1.29 is 4.39 Å². The van der Waals surface area contributed by atoms with E-state index in [1.165, 1.54) is 6.07 Å². The van der Waals surface area contributed by atoms with E-state index in [0.717, 1.165) is 6.42 Å². The van der Waals surface area contributed by atoms with Gasteiger partial charge < -0.3 is 5.32 Å². The first-order valence-corrected chi connectivity index (χ1v) is 5.26. The Morgan fingerprint density at radius 1 is 1.40 bits per heavy atom. The molecule has 84 valence electrons. The van der Waals surface area contributed by atoms with Gasteiger partial charge in [0.15, 0.2) is 0 Å². The maximum atomic E-state index is 12.8. The third kappa shape index (κ3) is 4.77. The molecule has 1 rings (SSSR count). The lowest BCUT2D eigenvalue weighted by atomic mass is 9.89. The Labute approximate surface area is 90.9 Å². The van der Waals surface area contributed by atoms with Gasteiger partial charge in [0.05, 0.1) is 0 Å². The van der Waals surface area contributed by atoms with Gasteiger partial charge in [-0.2, -0.15) is 4.39 Å². The second-order valence-electron chi connectivity index (χ2n) is 5.16. The van der Waals surface area contributed by atoms with E-state index in [1.54, 1.807) is 12.1 Å². The van der Waals surface area contributed by atoms with Crippen LogP contribution in [0.4, 0.5) is 10.2 Å². The molecule has 0 aliphatic carbocycles. The van der Waals surface area contributed by atoms with Crippen molar-refractivity contribution in [2.45, 2.75) is 40.2 Å². The van der Waals surface area contributed by atoms with E-state index in [2.05, 4.69) is 38.0 Å². The van der Waals surface area contributed by atoms with E-state index in [-0.39, 0.29) is 5.41 Å². The maximum Gasteiger partial charge on any atom is 0.214 e. The molecule has 15 heavy (non-hydrogen) atoms. The first kappa shape index (κ1) is 12.0. The van der Waals surface area contributed by atoms with Gasteiger partial charge in [-0.25, -0.2) is 4.98 Å². The number of hydrogen-bond acceptors (Lipinski definition) is 2. The Morgan fingerprint density at radius 2 is 2.07 bits per heavy atom. The van der Waals surface area contributed by atoms with Crippen molar-refractivity contribution in [3.8, 4) is 0 Å². The summed E-state index contributed by atoms with van der Waals surface area (Å²) >= 11 is 0. The number of halogens is 1. The number of aromatic nitrogens is 1. The van der Waals surface area contributed by atoms with E-state index in [1.807, 2.05) is 0 Å². The fraction of sp³-hybridized carbons (Fsp3) is 0.583. The summed E-state index contributed by atoms with van der Waals surface area (Å²) in [5.74, 6) is 0.162. The predicted octanol–water partition coefficient (Wildman–Crippen LogP) is 3.46. The van der Waals surface area contributed by atoms with Crippen molar-refractivity contribution in [3.05, 3.63) is 24.1 Å². The molecule has 1 unspecified atom stereocenters. The summed E-state index contributed by atoms with van der Waals surface area (Å²) in [6, 6.07) is 5.08. The number of pyridine rings is 1. The predicted molar refractivity (Wildman–Crippen MR) is 61.4 cm³/mol. The molecule has 0 aliphatic heterocycles. The van der Waals surface area contributed by atoms with Crippen LogP contribution in [0, 0.1) is 11.4 Å². The molecule has 2 nitrogen and oxygen atoms in total. The molecule has 0 fully saturated rings. The highest BCUT2D eigenvalue weighted by atomic mass is 19.1. The van der Waals surface area contributed by atoms with Gasteiger partial charge in [0.25, 0.3) is 0 Å². The van der Waals surface area contributed by atoms with Gasteiger partial charge in [-0.15, -0.1) is 0 Å².